The van der Waals surface area contributed by atoms with Crippen LogP contribution in [0.1, 0.15) is 18.4 Å². The number of rotatable bonds is 6. The lowest BCUT2D eigenvalue weighted by atomic mass is 10.2. The molecule has 0 aliphatic rings. The van der Waals surface area contributed by atoms with Crippen molar-refractivity contribution in [3.05, 3.63) is 23.8 Å². The number of hydrogen-bond donors (Lipinski definition) is 3. The van der Waals surface area contributed by atoms with Crippen LogP contribution in [0.3, 0.4) is 0 Å². The predicted octanol–water partition coefficient (Wildman–Crippen LogP) is 2.10. The number of nitrogens with two attached hydrogens (primary N) is 1. The Hall–Kier alpha value is -1.89. The zero-order valence-electron chi connectivity index (χ0n) is 10.6. The molecule has 19 heavy (non-hydrogen) atoms. The molecule has 0 spiro atoms. The summed E-state index contributed by atoms with van der Waals surface area (Å²) in [7, 11) is 1.43. The Morgan fingerprint density at radius 2 is 2.21 bits per heavy atom. The average Bonchev–Trinajstić information content (AvgIpc) is 2.40. The number of ether oxygens (including phenoxy) is 1. The summed E-state index contributed by atoms with van der Waals surface area (Å²) >= 11 is 0. The molecule has 0 aliphatic carbocycles. The summed E-state index contributed by atoms with van der Waals surface area (Å²) in [6, 6.07) is 3.36. The van der Waals surface area contributed by atoms with Gasteiger partial charge in [-0.2, -0.15) is 0 Å². The second-order valence-electron chi connectivity index (χ2n) is 3.75. The first kappa shape index (κ1) is 15.2. The van der Waals surface area contributed by atoms with Crippen LogP contribution in [0, 0.1) is 0 Å². The van der Waals surface area contributed by atoms with Gasteiger partial charge in [0.2, 0.25) is 0 Å². The van der Waals surface area contributed by atoms with E-state index in [1.807, 2.05) is 0 Å². The number of amides is 2. The highest BCUT2D eigenvalue weighted by atomic mass is 19.3. The molecule has 0 saturated carbocycles. The molecule has 0 atom stereocenters. The van der Waals surface area contributed by atoms with E-state index >= 15 is 0 Å². The maximum absolute atomic E-state index is 12.6. The van der Waals surface area contributed by atoms with E-state index in [0.29, 0.717) is 25.3 Å². The van der Waals surface area contributed by atoms with Gasteiger partial charge in [-0.05, 0) is 31.2 Å². The summed E-state index contributed by atoms with van der Waals surface area (Å²) in [4.78, 5) is 11.3. The first-order valence-electron chi connectivity index (χ1n) is 5.82. The van der Waals surface area contributed by atoms with Crippen molar-refractivity contribution in [1.82, 2.24) is 5.32 Å². The maximum atomic E-state index is 12.6. The van der Waals surface area contributed by atoms with Crippen molar-refractivity contribution in [2.24, 2.45) is 5.73 Å². The molecule has 5 nitrogen and oxygen atoms in total. The third-order valence-electron chi connectivity index (χ3n) is 2.34. The fourth-order valence-corrected chi connectivity index (χ4v) is 1.36. The van der Waals surface area contributed by atoms with Crippen LogP contribution >= 0.6 is 0 Å². The molecule has 2 amide bonds. The lowest BCUT2D eigenvalue weighted by Crippen LogP contribution is -2.25. The van der Waals surface area contributed by atoms with Gasteiger partial charge < -0.3 is 21.1 Å². The second-order valence-corrected chi connectivity index (χ2v) is 3.75. The third-order valence-corrected chi connectivity index (χ3v) is 2.34. The van der Waals surface area contributed by atoms with Crippen LogP contribution in [0.15, 0.2) is 18.2 Å². The molecule has 0 radical (unpaired) electrons. The Balaban J connectivity index is 2.90. The number of carbonyl (C=O) groups is 1. The molecule has 0 bridgehead atoms. The zero-order valence-corrected chi connectivity index (χ0v) is 10.6. The topological polar surface area (TPSA) is 76.4 Å². The van der Waals surface area contributed by atoms with E-state index in [9.17, 15) is 13.6 Å². The van der Waals surface area contributed by atoms with Gasteiger partial charge >= 0.3 is 6.03 Å². The molecule has 1 aromatic rings. The first-order chi connectivity index (χ1) is 9.08. The van der Waals surface area contributed by atoms with E-state index in [-0.39, 0.29) is 11.3 Å². The summed E-state index contributed by atoms with van der Waals surface area (Å²) in [6.45, 7) is 0.820. The van der Waals surface area contributed by atoms with Gasteiger partial charge in [0.25, 0.3) is 6.43 Å². The molecule has 1 aromatic carbocycles. The lowest BCUT2D eigenvalue weighted by molar-refractivity contribution is 0.151. The van der Waals surface area contributed by atoms with Crippen LogP contribution < -0.4 is 21.1 Å². The first-order valence-corrected chi connectivity index (χ1v) is 5.82. The van der Waals surface area contributed by atoms with Crippen LogP contribution in [0.5, 0.6) is 5.75 Å². The molecule has 106 valence electrons. The highest BCUT2D eigenvalue weighted by Gasteiger charge is 2.13. The van der Waals surface area contributed by atoms with Crippen LogP contribution in [0.4, 0.5) is 19.3 Å². The van der Waals surface area contributed by atoms with Crippen LogP contribution in [-0.2, 0) is 0 Å². The van der Waals surface area contributed by atoms with Crippen molar-refractivity contribution < 1.29 is 18.3 Å². The minimum absolute atomic E-state index is 0.183. The van der Waals surface area contributed by atoms with Gasteiger partial charge in [0, 0.05) is 12.6 Å². The number of carbonyl (C=O) groups excluding carboxylic acids is 1. The van der Waals surface area contributed by atoms with Gasteiger partial charge in [0.15, 0.2) is 0 Å². The van der Waals surface area contributed by atoms with E-state index in [1.54, 1.807) is 0 Å². The zero-order chi connectivity index (χ0) is 14.3. The molecule has 0 aromatic heterocycles. The van der Waals surface area contributed by atoms with Crippen LogP contribution in [0.25, 0.3) is 0 Å². The number of anilines is 1. The average molecular weight is 273 g/mol. The molecular formula is C12H17F2N3O2. The Kier molecular flexibility index (Phi) is 6.01. The van der Waals surface area contributed by atoms with Gasteiger partial charge in [0.1, 0.15) is 5.75 Å². The van der Waals surface area contributed by atoms with Gasteiger partial charge in [-0.1, -0.05) is 0 Å². The molecule has 0 saturated heterocycles. The number of hydrogen-bond acceptors (Lipinski definition) is 3. The molecule has 0 heterocycles. The second kappa shape index (κ2) is 7.52. The summed E-state index contributed by atoms with van der Waals surface area (Å²) in [5.74, 6) is 0.335. The van der Waals surface area contributed by atoms with Crippen molar-refractivity contribution in [3.8, 4) is 5.75 Å². The summed E-state index contributed by atoms with van der Waals surface area (Å²) in [5.41, 5.74) is 5.36. The fourth-order valence-electron chi connectivity index (χ4n) is 1.36. The molecule has 7 heteroatoms. The lowest BCUT2D eigenvalue weighted by Gasteiger charge is -2.13. The van der Waals surface area contributed by atoms with Crippen molar-refractivity contribution in [3.63, 3.8) is 0 Å². The van der Waals surface area contributed by atoms with Gasteiger partial charge in [-0.3, -0.25) is 0 Å². The normalized spacial score (nSPS) is 10.4. The van der Waals surface area contributed by atoms with E-state index in [4.69, 9.17) is 10.5 Å². The number of nitrogens with one attached hydrogen (secondary N) is 2. The predicted molar refractivity (Wildman–Crippen MR) is 68.6 cm³/mol. The van der Waals surface area contributed by atoms with Crippen LogP contribution in [0.2, 0.25) is 0 Å². The number of urea groups is 1. The number of alkyl halides is 2. The van der Waals surface area contributed by atoms with Gasteiger partial charge in [-0.15, -0.1) is 0 Å². The summed E-state index contributed by atoms with van der Waals surface area (Å²) < 4.78 is 30.6. The highest BCUT2D eigenvalue weighted by molar-refractivity contribution is 5.90. The largest absolute Gasteiger partial charge is 0.491 e. The van der Waals surface area contributed by atoms with Gasteiger partial charge in [0.05, 0.1) is 12.3 Å². The number of halogens is 2. The molecule has 0 fully saturated rings. The van der Waals surface area contributed by atoms with E-state index in [0.717, 1.165) is 0 Å². The van der Waals surface area contributed by atoms with E-state index < -0.39 is 12.5 Å². The minimum Gasteiger partial charge on any atom is -0.491 e. The molecular weight excluding hydrogens is 256 g/mol. The minimum atomic E-state index is -2.61. The smallest absolute Gasteiger partial charge is 0.319 e. The Labute approximate surface area is 110 Å². The molecule has 1 rings (SSSR count). The van der Waals surface area contributed by atoms with Crippen molar-refractivity contribution >= 4 is 11.7 Å². The summed E-state index contributed by atoms with van der Waals surface area (Å²) in [6.07, 6.45) is -1.97. The SMILES string of the molecule is CNC(=O)Nc1cc(C(F)F)ccc1OCCCN. The third kappa shape index (κ3) is 4.70. The van der Waals surface area contributed by atoms with Gasteiger partial charge in [-0.25, -0.2) is 13.6 Å². The Morgan fingerprint density at radius 3 is 2.79 bits per heavy atom. The quantitative estimate of drug-likeness (QED) is 0.695. The fraction of sp³-hybridized carbons (Fsp3) is 0.417. The van der Waals surface area contributed by atoms with Crippen molar-refractivity contribution in [2.45, 2.75) is 12.8 Å². The monoisotopic (exact) mass is 273 g/mol. The Bertz CT molecular complexity index is 427. The molecule has 4 N–H and O–H groups in total. The van der Waals surface area contributed by atoms with E-state index in [2.05, 4.69) is 10.6 Å². The standard InChI is InChI=1S/C12H17F2N3O2/c1-16-12(18)17-9-7-8(11(13)14)3-4-10(9)19-6-2-5-15/h3-4,7,11H,2,5-6,15H2,1H3,(H2,16,17,18). The van der Waals surface area contributed by atoms with Crippen molar-refractivity contribution in [1.29, 1.82) is 0 Å². The molecule has 0 aliphatic heterocycles. The number of benzene rings is 1. The maximum Gasteiger partial charge on any atom is 0.319 e. The summed E-state index contributed by atoms with van der Waals surface area (Å²) in [5, 5.41) is 4.79. The molecule has 0 unspecified atom stereocenters. The van der Waals surface area contributed by atoms with E-state index in [1.165, 1.54) is 25.2 Å². The Morgan fingerprint density at radius 1 is 1.47 bits per heavy atom. The van der Waals surface area contributed by atoms with Crippen molar-refractivity contribution in [2.75, 3.05) is 25.5 Å². The highest BCUT2D eigenvalue weighted by Crippen LogP contribution is 2.30. The van der Waals surface area contributed by atoms with Crippen LogP contribution in [-0.4, -0.2) is 26.2 Å².